The summed E-state index contributed by atoms with van der Waals surface area (Å²) < 4.78 is 1.16. The molecule has 0 aliphatic carbocycles. The van der Waals surface area contributed by atoms with Gasteiger partial charge in [0, 0.05) is 29.3 Å². The molecular weight excluding hydrogens is 312 g/mol. The van der Waals surface area contributed by atoms with Crippen LogP contribution in [0.15, 0.2) is 22.7 Å². The molecule has 0 aliphatic rings. The molecule has 3 heteroatoms. The number of unbranched alkanes of at least 4 members (excludes halogenated alkanes) is 1. The number of benzene rings is 1. The van der Waals surface area contributed by atoms with E-state index in [9.17, 15) is 0 Å². The van der Waals surface area contributed by atoms with Crippen LogP contribution in [0.2, 0.25) is 0 Å². The highest BCUT2D eigenvalue weighted by Crippen LogP contribution is 2.27. The lowest BCUT2D eigenvalue weighted by Crippen LogP contribution is -2.34. The molecule has 0 bridgehead atoms. The van der Waals surface area contributed by atoms with Crippen molar-refractivity contribution in [2.24, 2.45) is 0 Å². The van der Waals surface area contributed by atoms with Crippen LogP contribution < -0.4 is 10.2 Å². The second-order valence-electron chi connectivity index (χ2n) is 5.36. The number of nitrogens with zero attached hydrogens (tertiary/aromatic N) is 1. The smallest absolute Gasteiger partial charge is 0.0415 e. The molecule has 0 spiro atoms. The zero-order valence-corrected chi connectivity index (χ0v) is 15.0. The first kappa shape index (κ1) is 17.5. The molecule has 1 aromatic carbocycles. The summed E-state index contributed by atoms with van der Waals surface area (Å²) in [5, 5.41) is 3.45. The molecule has 0 amide bonds. The van der Waals surface area contributed by atoms with Crippen molar-refractivity contribution >= 4 is 21.6 Å². The van der Waals surface area contributed by atoms with Crippen LogP contribution in [0.1, 0.15) is 52.5 Å². The van der Waals surface area contributed by atoms with Gasteiger partial charge in [-0.15, -0.1) is 0 Å². The van der Waals surface area contributed by atoms with Gasteiger partial charge in [0.15, 0.2) is 0 Å². The maximum absolute atomic E-state index is 3.60. The van der Waals surface area contributed by atoms with Crippen LogP contribution in [0, 0.1) is 0 Å². The third-order valence-corrected chi connectivity index (χ3v) is 4.29. The summed E-state index contributed by atoms with van der Waals surface area (Å²) in [6, 6.07) is 7.26. The van der Waals surface area contributed by atoms with Gasteiger partial charge in [0.05, 0.1) is 0 Å². The van der Waals surface area contributed by atoms with Crippen LogP contribution in [0.5, 0.6) is 0 Å². The lowest BCUT2D eigenvalue weighted by molar-refractivity contribution is 0.591. The van der Waals surface area contributed by atoms with E-state index in [-0.39, 0.29) is 0 Å². The fourth-order valence-electron chi connectivity index (χ4n) is 2.36. The van der Waals surface area contributed by atoms with E-state index in [1.165, 1.54) is 30.5 Å². The summed E-state index contributed by atoms with van der Waals surface area (Å²) in [5.74, 6) is 0. The molecule has 0 saturated heterocycles. The van der Waals surface area contributed by atoms with Crippen molar-refractivity contribution in [3.63, 3.8) is 0 Å². The monoisotopic (exact) mass is 340 g/mol. The molecular formula is C17H29BrN2. The minimum absolute atomic E-state index is 0.586. The predicted octanol–water partition coefficient (Wildman–Crippen LogP) is 4.96. The summed E-state index contributed by atoms with van der Waals surface area (Å²) >= 11 is 3.60. The fourth-order valence-corrected chi connectivity index (χ4v) is 2.77. The molecule has 1 aromatic rings. The molecule has 1 N–H and O–H groups in total. The lowest BCUT2D eigenvalue weighted by Gasteiger charge is -2.33. The molecule has 0 heterocycles. The molecule has 0 aliphatic heterocycles. The SMILES string of the molecule is CCCCN(c1ccc(Br)cc1CNCC)C(C)CC. The first-order valence-electron chi connectivity index (χ1n) is 7.89. The van der Waals surface area contributed by atoms with Crippen LogP contribution in [0.4, 0.5) is 5.69 Å². The van der Waals surface area contributed by atoms with E-state index in [4.69, 9.17) is 0 Å². The van der Waals surface area contributed by atoms with Crippen molar-refractivity contribution in [3.05, 3.63) is 28.2 Å². The molecule has 1 unspecified atom stereocenters. The topological polar surface area (TPSA) is 15.3 Å². The van der Waals surface area contributed by atoms with Gasteiger partial charge in [0.2, 0.25) is 0 Å². The van der Waals surface area contributed by atoms with Gasteiger partial charge in [-0.2, -0.15) is 0 Å². The van der Waals surface area contributed by atoms with E-state index in [0.717, 1.165) is 24.1 Å². The first-order chi connectivity index (χ1) is 9.63. The number of anilines is 1. The minimum atomic E-state index is 0.586. The third kappa shape index (κ3) is 5.10. The van der Waals surface area contributed by atoms with Gasteiger partial charge in [0.1, 0.15) is 0 Å². The Hall–Kier alpha value is -0.540. The van der Waals surface area contributed by atoms with Crippen LogP contribution in [-0.4, -0.2) is 19.1 Å². The van der Waals surface area contributed by atoms with E-state index >= 15 is 0 Å². The summed E-state index contributed by atoms with van der Waals surface area (Å²) in [6.07, 6.45) is 3.67. The Labute approximate surface area is 133 Å². The van der Waals surface area contributed by atoms with E-state index in [1.807, 2.05) is 0 Å². The molecule has 0 radical (unpaired) electrons. The van der Waals surface area contributed by atoms with Crippen molar-refractivity contribution < 1.29 is 0 Å². The summed E-state index contributed by atoms with van der Waals surface area (Å²) in [6.45, 7) is 12.1. The van der Waals surface area contributed by atoms with Gasteiger partial charge < -0.3 is 10.2 Å². The predicted molar refractivity (Wildman–Crippen MR) is 93.5 cm³/mol. The molecule has 1 rings (SSSR count). The van der Waals surface area contributed by atoms with Gasteiger partial charge in [-0.1, -0.05) is 43.1 Å². The highest BCUT2D eigenvalue weighted by atomic mass is 79.9. The Bertz CT molecular complexity index is 393. The fraction of sp³-hybridized carbons (Fsp3) is 0.647. The Kier molecular flexibility index (Phi) is 8.24. The van der Waals surface area contributed by atoms with Crippen molar-refractivity contribution in [2.45, 2.75) is 59.5 Å². The second kappa shape index (κ2) is 9.41. The summed E-state index contributed by atoms with van der Waals surface area (Å²) in [5.41, 5.74) is 2.77. The van der Waals surface area contributed by atoms with Gasteiger partial charge in [-0.25, -0.2) is 0 Å². The molecule has 0 saturated carbocycles. The lowest BCUT2D eigenvalue weighted by atomic mass is 10.1. The van der Waals surface area contributed by atoms with Crippen molar-refractivity contribution in [1.29, 1.82) is 0 Å². The average molecular weight is 341 g/mol. The summed E-state index contributed by atoms with van der Waals surface area (Å²) in [4.78, 5) is 2.57. The van der Waals surface area contributed by atoms with Crippen LogP contribution >= 0.6 is 15.9 Å². The zero-order valence-electron chi connectivity index (χ0n) is 13.4. The standard InChI is InChI=1S/C17H29BrN2/c1-5-8-11-20(14(4)6-2)17-10-9-16(18)12-15(17)13-19-7-3/h9-10,12,14,19H,5-8,11,13H2,1-4H3. The van der Waals surface area contributed by atoms with E-state index < -0.39 is 0 Å². The van der Waals surface area contributed by atoms with Crippen molar-refractivity contribution in [1.82, 2.24) is 5.32 Å². The highest BCUT2D eigenvalue weighted by molar-refractivity contribution is 9.10. The normalized spacial score (nSPS) is 12.4. The summed E-state index contributed by atoms with van der Waals surface area (Å²) in [7, 11) is 0. The minimum Gasteiger partial charge on any atom is -0.369 e. The number of rotatable bonds is 9. The molecule has 1 atom stereocenters. The van der Waals surface area contributed by atoms with Gasteiger partial charge >= 0.3 is 0 Å². The second-order valence-corrected chi connectivity index (χ2v) is 6.27. The number of halogens is 1. The van der Waals surface area contributed by atoms with Gasteiger partial charge in [-0.05, 0) is 50.1 Å². The third-order valence-electron chi connectivity index (χ3n) is 3.79. The van der Waals surface area contributed by atoms with Gasteiger partial charge in [0.25, 0.3) is 0 Å². The quantitative estimate of drug-likeness (QED) is 0.683. The maximum atomic E-state index is 3.60. The molecule has 20 heavy (non-hydrogen) atoms. The maximum Gasteiger partial charge on any atom is 0.0415 e. The van der Waals surface area contributed by atoms with E-state index in [2.05, 4.69) is 72.0 Å². The molecule has 114 valence electrons. The zero-order chi connectivity index (χ0) is 15.0. The molecule has 2 nitrogen and oxygen atoms in total. The van der Waals surface area contributed by atoms with Gasteiger partial charge in [-0.3, -0.25) is 0 Å². The Morgan fingerprint density at radius 2 is 2.00 bits per heavy atom. The van der Waals surface area contributed by atoms with Crippen LogP contribution in [0.3, 0.4) is 0 Å². The van der Waals surface area contributed by atoms with E-state index in [0.29, 0.717) is 6.04 Å². The Balaban J connectivity index is 3.03. The van der Waals surface area contributed by atoms with E-state index in [1.54, 1.807) is 0 Å². The van der Waals surface area contributed by atoms with Crippen LogP contribution in [0.25, 0.3) is 0 Å². The highest BCUT2D eigenvalue weighted by Gasteiger charge is 2.16. The van der Waals surface area contributed by atoms with Crippen molar-refractivity contribution in [3.8, 4) is 0 Å². The largest absolute Gasteiger partial charge is 0.369 e. The number of hydrogen-bond acceptors (Lipinski definition) is 2. The first-order valence-corrected chi connectivity index (χ1v) is 8.69. The average Bonchev–Trinajstić information content (AvgIpc) is 2.46. The number of hydrogen-bond donors (Lipinski definition) is 1. The number of nitrogens with one attached hydrogen (secondary N) is 1. The van der Waals surface area contributed by atoms with Crippen molar-refractivity contribution in [2.75, 3.05) is 18.0 Å². The Morgan fingerprint density at radius 3 is 2.60 bits per heavy atom. The van der Waals surface area contributed by atoms with Crippen LogP contribution in [-0.2, 0) is 6.54 Å². The molecule has 0 fully saturated rings. The molecule has 0 aromatic heterocycles. The Morgan fingerprint density at radius 1 is 1.25 bits per heavy atom.